The van der Waals surface area contributed by atoms with Crippen LogP contribution in [0.15, 0.2) is 65.8 Å². The van der Waals surface area contributed by atoms with Crippen molar-refractivity contribution < 1.29 is 18.0 Å². The fraction of sp³-hybridized carbons (Fsp3) is 0.0556. The zero-order valence-electron chi connectivity index (χ0n) is 13.2. The molecule has 2 N–H and O–H groups in total. The lowest BCUT2D eigenvalue weighted by Crippen LogP contribution is -2.20. The van der Waals surface area contributed by atoms with Gasteiger partial charge in [0.25, 0.3) is 11.5 Å². The number of carbonyl (C=O) groups is 1. The summed E-state index contributed by atoms with van der Waals surface area (Å²) in [7, 11) is 0. The SMILES string of the molecule is O=C(Nc1cc(-c2ccncc2)c[nH]c1=O)c1cccc(C(F)(F)F)c1. The predicted molar refractivity (Wildman–Crippen MR) is 89.7 cm³/mol. The molecular formula is C18H12F3N3O2. The van der Waals surface area contributed by atoms with E-state index in [2.05, 4.69) is 15.3 Å². The Balaban J connectivity index is 1.89. The highest BCUT2D eigenvalue weighted by Gasteiger charge is 2.30. The normalized spacial score (nSPS) is 11.2. The largest absolute Gasteiger partial charge is 0.416 e. The molecular weight excluding hydrogens is 347 g/mol. The number of nitrogens with one attached hydrogen (secondary N) is 2. The van der Waals surface area contributed by atoms with E-state index in [0.717, 1.165) is 23.8 Å². The zero-order chi connectivity index (χ0) is 18.7. The van der Waals surface area contributed by atoms with Crippen LogP contribution in [0.2, 0.25) is 0 Å². The summed E-state index contributed by atoms with van der Waals surface area (Å²) in [5, 5.41) is 2.35. The molecule has 0 aliphatic carbocycles. The summed E-state index contributed by atoms with van der Waals surface area (Å²) in [6, 6.07) is 8.85. The molecule has 132 valence electrons. The summed E-state index contributed by atoms with van der Waals surface area (Å²) in [6.07, 6.45) is 0.0509. The van der Waals surface area contributed by atoms with Gasteiger partial charge in [0.05, 0.1) is 5.56 Å². The molecule has 0 atom stereocenters. The Morgan fingerprint density at radius 2 is 1.77 bits per heavy atom. The van der Waals surface area contributed by atoms with Crippen LogP contribution in [0, 0.1) is 0 Å². The van der Waals surface area contributed by atoms with Crippen molar-refractivity contribution in [3.8, 4) is 11.1 Å². The van der Waals surface area contributed by atoms with Crippen LogP contribution >= 0.6 is 0 Å². The molecule has 8 heteroatoms. The third-order valence-electron chi connectivity index (χ3n) is 3.62. The smallest absolute Gasteiger partial charge is 0.327 e. The van der Waals surface area contributed by atoms with Crippen molar-refractivity contribution in [2.75, 3.05) is 5.32 Å². The molecule has 0 aliphatic heterocycles. The number of H-pyrrole nitrogens is 1. The maximum Gasteiger partial charge on any atom is 0.416 e. The molecule has 0 saturated carbocycles. The molecule has 0 unspecified atom stereocenters. The van der Waals surface area contributed by atoms with Crippen LogP contribution < -0.4 is 10.9 Å². The van der Waals surface area contributed by atoms with Crippen molar-refractivity contribution in [1.29, 1.82) is 0 Å². The number of pyridine rings is 2. The van der Waals surface area contributed by atoms with E-state index in [-0.39, 0.29) is 11.3 Å². The minimum Gasteiger partial charge on any atom is -0.327 e. The molecule has 26 heavy (non-hydrogen) atoms. The second-order valence-electron chi connectivity index (χ2n) is 5.40. The van der Waals surface area contributed by atoms with Crippen LogP contribution in [-0.2, 0) is 6.18 Å². The zero-order valence-corrected chi connectivity index (χ0v) is 13.2. The van der Waals surface area contributed by atoms with E-state index in [1.807, 2.05) is 0 Å². The van der Waals surface area contributed by atoms with Crippen LogP contribution in [0.1, 0.15) is 15.9 Å². The van der Waals surface area contributed by atoms with Gasteiger partial charge in [-0.15, -0.1) is 0 Å². The molecule has 1 aromatic carbocycles. The topological polar surface area (TPSA) is 74.8 Å². The van der Waals surface area contributed by atoms with Gasteiger partial charge in [-0.1, -0.05) is 6.07 Å². The Morgan fingerprint density at radius 3 is 2.46 bits per heavy atom. The third-order valence-corrected chi connectivity index (χ3v) is 3.62. The molecule has 3 rings (SSSR count). The van der Waals surface area contributed by atoms with E-state index in [9.17, 15) is 22.8 Å². The van der Waals surface area contributed by atoms with Crippen molar-refractivity contribution >= 4 is 11.6 Å². The summed E-state index contributed by atoms with van der Waals surface area (Å²) in [5.74, 6) is -0.812. The Kier molecular flexibility index (Phi) is 4.57. The number of hydrogen-bond donors (Lipinski definition) is 2. The van der Waals surface area contributed by atoms with Crippen molar-refractivity contribution in [2.45, 2.75) is 6.18 Å². The van der Waals surface area contributed by atoms with Gasteiger partial charge >= 0.3 is 6.18 Å². The van der Waals surface area contributed by atoms with E-state index in [1.54, 1.807) is 24.5 Å². The van der Waals surface area contributed by atoms with E-state index >= 15 is 0 Å². The van der Waals surface area contributed by atoms with Crippen LogP contribution in [-0.4, -0.2) is 15.9 Å². The second-order valence-corrected chi connectivity index (χ2v) is 5.40. The number of benzene rings is 1. The number of halogens is 3. The molecule has 3 aromatic rings. The van der Waals surface area contributed by atoms with Gasteiger partial charge in [0.15, 0.2) is 0 Å². The Morgan fingerprint density at radius 1 is 1.04 bits per heavy atom. The lowest BCUT2D eigenvalue weighted by Gasteiger charge is -2.10. The lowest BCUT2D eigenvalue weighted by molar-refractivity contribution is -0.137. The number of aromatic amines is 1. The molecule has 2 aromatic heterocycles. The molecule has 2 heterocycles. The second kappa shape index (κ2) is 6.83. The van der Waals surface area contributed by atoms with E-state index in [0.29, 0.717) is 5.56 Å². The van der Waals surface area contributed by atoms with Gasteiger partial charge in [0, 0.05) is 29.7 Å². The Bertz CT molecular complexity index is 998. The molecule has 0 radical (unpaired) electrons. The fourth-order valence-electron chi connectivity index (χ4n) is 2.32. The molecule has 0 fully saturated rings. The standard InChI is InChI=1S/C18H12F3N3O2/c19-18(20,21)14-3-1-2-12(8-14)16(25)24-15-9-13(10-23-17(15)26)11-4-6-22-7-5-11/h1-10H,(H,23,26)(H,24,25). The van der Waals surface area contributed by atoms with Gasteiger partial charge in [-0.25, -0.2) is 0 Å². The number of aromatic nitrogens is 2. The first kappa shape index (κ1) is 17.4. The number of hydrogen-bond acceptors (Lipinski definition) is 3. The number of carbonyl (C=O) groups excluding carboxylic acids is 1. The molecule has 0 bridgehead atoms. The van der Waals surface area contributed by atoms with Gasteiger partial charge < -0.3 is 10.3 Å². The molecule has 0 saturated heterocycles. The molecule has 0 aliphatic rings. The van der Waals surface area contributed by atoms with Gasteiger partial charge in [0.2, 0.25) is 0 Å². The number of amides is 1. The minimum atomic E-state index is -4.56. The summed E-state index contributed by atoms with van der Waals surface area (Å²) in [6.45, 7) is 0. The van der Waals surface area contributed by atoms with Crippen molar-refractivity contribution in [3.63, 3.8) is 0 Å². The summed E-state index contributed by atoms with van der Waals surface area (Å²) >= 11 is 0. The summed E-state index contributed by atoms with van der Waals surface area (Å²) < 4.78 is 38.3. The van der Waals surface area contributed by atoms with Gasteiger partial charge in [-0.2, -0.15) is 13.2 Å². The first-order chi connectivity index (χ1) is 12.3. The van der Waals surface area contributed by atoms with Crippen LogP contribution in [0.3, 0.4) is 0 Å². The van der Waals surface area contributed by atoms with Gasteiger partial charge in [-0.3, -0.25) is 14.6 Å². The molecule has 0 spiro atoms. The van der Waals surface area contributed by atoms with Crippen molar-refractivity contribution in [2.24, 2.45) is 0 Å². The van der Waals surface area contributed by atoms with Crippen molar-refractivity contribution in [1.82, 2.24) is 9.97 Å². The number of alkyl halides is 3. The van der Waals surface area contributed by atoms with Crippen molar-refractivity contribution in [3.05, 3.63) is 82.5 Å². The first-order valence-corrected chi connectivity index (χ1v) is 7.46. The average molecular weight is 359 g/mol. The van der Waals surface area contributed by atoms with Gasteiger partial charge in [0.1, 0.15) is 5.69 Å². The third kappa shape index (κ3) is 3.80. The van der Waals surface area contributed by atoms with Crippen LogP contribution in [0.25, 0.3) is 11.1 Å². The number of anilines is 1. The number of nitrogens with zero attached hydrogens (tertiary/aromatic N) is 1. The quantitative estimate of drug-likeness (QED) is 0.749. The van der Waals surface area contributed by atoms with Crippen LogP contribution in [0.4, 0.5) is 18.9 Å². The Labute approximate surface area is 145 Å². The highest BCUT2D eigenvalue weighted by atomic mass is 19.4. The first-order valence-electron chi connectivity index (χ1n) is 7.46. The average Bonchev–Trinajstić information content (AvgIpc) is 2.63. The van der Waals surface area contributed by atoms with Crippen LogP contribution in [0.5, 0.6) is 0 Å². The maximum atomic E-state index is 12.8. The highest BCUT2D eigenvalue weighted by Crippen LogP contribution is 2.29. The molecule has 5 nitrogen and oxygen atoms in total. The van der Waals surface area contributed by atoms with Gasteiger partial charge in [-0.05, 0) is 42.0 Å². The molecule has 1 amide bonds. The minimum absolute atomic E-state index is 0.0678. The van der Waals surface area contributed by atoms with E-state index in [1.165, 1.54) is 18.3 Å². The predicted octanol–water partition coefficient (Wildman–Crippen LogP) is 3.71. The lowest BCUT2D eigenvalue weighted by atomic mass is 10.1. The van der Waals surface area contributed by atoms with E-state index < -0.39 is 23.2 Å². The highest BCUT2D eigenvalue weighted by molar-refractivity contribution is 6.04. The summed E-state index contributed by atoms with van der Waals surface area (Å²) in [4.78, 5) is 30.6. The van der Waals surface area contributed by atoms with E-state index in [4.69, 9.17) is 0 Å². The number of rotatable bonds is 3. The Hall–Kier alpha value is -3.42. The fourth-order valence-corrected chi connectivity index (χ4v) is 2.32. The maximum absolute atomic E-state index is 12.8. The summed E-state index contributed by atoms with van der Waals surface area (Å²) in [5.41, 5.74) is -0.403. The monoisotopic (exact) mass is 359 g/mol.